The van der Waals surface area contributed by atoms with Gasteiger partial charge in [0.15, 0.2) is 0 Å². The minimum Gasteiger partial charge on any atom is -0.344 e. The summed E-state index contributed by atoms with van der Waals surface area (Å²) < 4.78 is 0. The van der Waals surface area contributed by atoms with Crippen LogP contribution in [0.25, 0.3) is 0 Å². The third-order valence-electron chi connectivity index (χ3n) is 3.18. The Morgan fingerprint density at radius 2 is 2.11 bits per heavy atom. The van der Waals surface area contributed by atoms with Crippen molar-refractivity contribution in [2.75, 3.05) is 26.7 Å². The Bertz CT molecular complexity index is 297. The average Bonchev–Trinajstić information content (AvgIpc) is 3.21. The van der Waals surface area contributed by atoms with Gasteiger partial charge < -0.3 is 10.2 Å². The lowest BCUT2D eigenvalue weighted by Gasteiger charge is -2.12. The largest absolute Gasteiger partial charge is 0.344 e. The standard InChI is InChI=1S/C8H10.C6H14N2O.C2H6/c1-6-2-3-7-5-8(7)4-6;1-3-8(6-9)5-4-7-2;1-2/h2-4,7-8H,5H2,1H3;6-7H,3-5H2,1-2H3;1-2H3. The van der Waals surface area contributed by atoms with Crippen LogP contribution in [0.4, 0.5) is 0 Å². The molecule has 0 spiro atoms. The second-order valence-corrected chi connectivity index (χ2v) is 4.67. The fourth-order valence-corrected chi connectivity index (χ4v) is 1.86. The molecule has 0 heterocycles. The third kappa shape index (κ3) is 7.83. The molecule has 2 aliphatic carbocycles. The van der Waals surface area contributed by atoms with Gasteiger partial charge in [0.25, 0.3) is 0 Å². The van der Waals surface area contributed by atoms with Gasteiger partial charge in [0.05, 0.1) is 0 Å². The fourth-order valence-electron chi connectivity index (χ4n) is 1.86. The molecule has 1 amide bonds. The molecule has 0 saturated heterocycles. The molecule has 0 bridgehead atoms. The molecule has 2 unspecified atom stereocenters. The van der Waals surface area contributed by atoms with Crippen molar-refractivity contribution in [2.45, 2.75) is 34.1 Å². The molecule has 19 heavy (non-hydrogen) atoms. The van der Waals surface area contributed by atoms with E-state index in [2.05, 4.69) is 30.5 Å². The summed E-state index contributed by atoms with van der Waals surface area (Å²) in [6.45, 7) is 10.6. The quantitative estimate of drug-likeness (QED) is 0.776. The zero-order chi connectivity index (χ0) is 14.7. The van der Waals surface area contributed by atoms with Crippen LogP contribution >= 0.6 is 0 Å². The molecule has 2 rings (SSSR count). The average molecular weight is 266 g/mol. The van der Waals surface area contributed by atoms with Gasteiger partial charge in [-0.15, -0.1) is 0 Å². The van der Waals surface area contributed by atoms with Gasteiger partial charge in [0.2, 0.25) is 6.41 Å². The van der Waals surface area contributed by atoms with E-state index in [9.17, 15) is 4.79 Å². The lowest BCUT2D eigenvalue weighted by molar-refractivity contribution is -0.117. The van der Waals surface area contributed by atoms with E-state index in [1.54, 1.807) is 4.90 Å². The number of rotatable bonds is 5. The maximum Gasteiger partial charge on any atom is 0.209 e. The number of likely N-dealkylation sites (N-methyl/N-ethyl adjacent to an activating group) is 2. The smallest absolute Gasteiger partial charge is 0.209 e. The minimum absolute atomic E-state index is 0.797. The van der Waals surface area contributed by atoms with E-state index in [1.807, 2.05) is 27.8 Å². The zero-order valence-corrected chi connectivity index (χ0v) is 13.1. The highest BCUT2D eigenvalue weighted by molar-refractivity contribution is 5.46. The summed E-state index contributed by atoms with van der Waals surface area (Å²) in [5.74, 6) is 1.86. The lowest BCUT2D eigenvalue weighted by Crippen LogP contribution is -2.29. The van der Waals surface area contributed by atoms with Crippen molar-refractivity contribution in [3.05, 3.63) is 23.8 Å². The predicted octanol–water partition coefficient (Wildman–Crippen LogP) is 2.85. The molecule has 2 atom stereocenters. The molecule has 1 fully saturated rings. The van der Waals surface area contributed by atoms with Gasteiger partial charge in [-0.2, -0.15) is 0 Å². The van der Waals surface area contributed by atoms with E-state index in [0.717, 1.165) is 37.9 Å². The third-order valence-corrected chi connectivity index (χ3v) is 3.18. The van der Waals surface area contributed by atoms with Crippen molar-refractivity contribution in [1.29, 1.82) is 0 Å². The Kier molecular flexibility index (Phi) is 10.2. The van der Waals surface area contributed by atoms with Crippen molar-refractivity contribution in [3.63, 3.8) is 0 Å². The van der Waals surface area contributed by atoms with Crippen LogP contribution in [0, 0.1) is 11.8 Å². The van der Waals surface area contributed by atoms with Crippen LogP contribution in [0.5, 0.6) is 0 Å². The number of fused-ring (bicyclic) bond motifs is 1. The van der Waals surface area contributed by atoms with Gasteiger partial charge in [0.1, 0.15) is 0 Å². The highest BCUT2D eigenvalue weighted by Crippen LogP contribution is 2.43. The Labute approximate surface area is 118 Å². The number of amides is 1. The molecule has 3 heteroatoms. The Balaban J connectivity index is 0.000000302. The van der Waals surface area contributed by atoms with E-state index in [-0.39, 0.29) is 0 Å². The first-order chi connectivity index (χ1) is 9.21. The molecule has 0 aromatic carbocycles. The number of nitrogens with zero attached hydrogens (tertiary/aromatic N) is 1. The molecule has 3 nitrogen and oxygen atoms in total. The number of allylic oxidation sites excluding steroid dienone is 4. The van der Waals surface area contributed by atoms with Crippen molar-refractivity contribution in [1.82, 2.24) is 10.2 Å². The Morgan fingerprint density at radius 1 is 1.42 bits per heavy atom. The molecule has 0 aromatic rings. The molecule has 0 radical (unpaired) electrons. The summed E-state index contributed by atoms with van der Waals surface area (Å²) in [4.78, 5) is 11.9. The summed E-state index contributed by atoms with van der Waals surface area (Å²) in [6.07, 6.45) is 9.23. The molecule has 0 aliphatic heterocycles. The molecular formula is C16H30N2O. The van der Waals surface area contributed by atoms with Crippen molar-refractivity contribution >= 4 is 6.41 Å². The van der Waals surface area contributed by atoms with Gasteiger partial charge in [-0.25, -0.2) is 0 Å². The highest BCUT2D eigenvalue weighted by atomic mass is 16.1. The van der Waals surface area contributed by atoms with E-state index in [1.165, 1.54) is 12.0 Å². The number of hydrogen-bond donors (Lipinski definition) is 1. The van der Waals surface area contributed by atoms with Crippen molar-refractivity contribution < 1.29 is 4.79 Å². The first kappa shape index (κ1) is 17.9. The van der Waals surface area contributed by atoms with Crippen molar-refractivity contribution in [3.8, 4) is 0 Å². The normalized spacial score (nSPS) is 21.8. The van der Waals surface area contributed by atoms with Crippen LogP contribution in [0.15, 0.2) is 23.8 Å². The predicted molar refractivity (Wildman–Crippen MR) is 83.1 cm³/mol. The summed E-state index contributed by atoms with van der Waals surface area (Å²) in [5, 5.41) is 2.97. The van der Waals surface area contributed by atoms with Crippen LogP contribution < -0.4 is 5.32 Å². The highest BCUT2D eigenvalue weighted by Gasteiger charge is 2.33. The maximum absolute atomic E-state index is 10.1. The fraction of sp³-hybridized carbons (Fsp3) is 0.688. The van der Waals surface area contributed by atoms with Gasteiger partial charge in [-0.1, -0.05) is 37.6 Å². The molecule has 110 valence electrons. The Morgan fingerprint density at radius 3 is 2.53 bits per heavy atom. The van der Waals surface area contributed by atoms with E-state index in [4.69, 9.17) is 0 Å². The summed E-state index contributed by atoms with van der Waals surface area (Å²) >= 11 is 0. The first-order valence-corrected chi connectivity index (χ1v) is 7.41. The van der Waals surface area contributed by atoms with E-state index < -0.39 is 0 Å². The number of nitrogens with one attached hydrogen (secondary N) is 1. The van der Waals surface area contributed by atoms with Crippen LogP contribution in [-0.4, -0.2) is 38.0 Å². The van der Waals surface area contributed by atoms with E-state index in [0.29, 0.717) is 0 Å². The van der Waals surface area contributed by atoms with Crippen LogP contribution in [0.3, 0.4) is 0 Å². The van der Waals surface area contributed by atoms with Gasteiger partial charge in [0, 0.05) is 19.6 Å². The summed E-state index contributed by atoms with van der Waals surface area (Å²) in [6, 6.07) is 0. The van der Waals surface area contributed by atoms with Gasteiger partial charge in [-0.05, 0) is 39.2 Å². The summed E-state index contributed by atoms with van der Waals surface area (Å²) in [5.41, 5.74) is 1.45. The monoisotopic (exact) mass is 266 g/mol. The lowest BCUT2D eigenvalue weighted by atomic mass is 10.1. The molecular weight excluding hydrogens is 236 g/mol. The van der Waals surface area contributed by atoms with Crippen LogP contribution in [-0.2, 0) is 4.79 Å². The van der Waals surface area contributed by atoms with Crippen molar-refractivity contribution in [2.24, 2.45) is 11.8 Å². The second kappa shape index (κ2) is 10.8. The van der Waals surface area contributed by atoms with Crippen LogP contribution in [0.2, 0.25) is 0 Å². The first-order valence-electron chi connectivity index (χ1n) is 7.41. The van der Waals surface area contributed by atoms with Crippen LogP contribution in [0.1, 0.15) is 34.1 Å². The Hall–Kier alpha value is -1.09. The van der Waals surface area contributed by atoms with Gasteiger partial charge >= 0.3 is 0 Å². The summed E-state index contributed by atoms with van der Waals surface area (Å²) in [7, 11) is 1.87. The number of carbonyl (C=O) groups is 1. The zero-order valence-electron chi connectivity index (χ0n) is 13.1. The maximum atomic E-state index is 10.1. The van der Waals surface area contributed by atoms with E-state index >= 15 is 0 Å². The molecule has 2 aliphatic rings. The topological polar surface area (TPSA) is 32.3 Å². The van der Waals surface area contributed by atoms with Gasteiger partial charge in [-0.3, -0.25) is 4.79 Å². The molecule has 0 aromatic heterocycles. The molecule has 1 N–H and O–H groups in total. The number of hydrogen-bond acceptors (Lipinski definition) is 2. The molecule has 1 saturated carbocycles. The number of carbonyl (C=O) groups excluding carboxylic acids is 1. The minimum atomic E-state index is 0.797. The second-order valence-electron chi connectivity index (χ2n) is 4.67. The SMILES string of the molecule is CC.CC1=CC2CC2C=C1.CCN(C=O)CCNC.